The number of benzene rings is 2. The van der Waals surface area contributed by atoms with Crippen LogP contribution in [0.25, 0.3) is 27.6 Å². The number of H-pyrrole nitrogens is 1. The number of pyridine rings is 1. The predicted molar refractivity (Wildman–Crippen MR) is 132 cm³/mol. The van der Waals surface area contributed by atoms with Crippen LogP contribution in [0.3, 0.4) is 0 Å². The summed E-state index contributed by atoms with van der Waals surface area (Å²) in [6, 6.07) is 7.95. The van der Waals surface area contributed by atoms with Crippen LogP contribution in [0.4, 0.5) is 24.8 Å². The number of hydrogen-bond donors (Lipinski definition) is 1. The van der Waals surface area contributed by atoms with Gasteiger partial charge in [0.05, 0.1) is 35.2 Å². The maximum atomic E-state index is 14.8. The predicted octanol–water partition coefficient (Wildman–Crippen LogP) is 3.41. The van der Waals surface area contributed by atoms with Crippen molar-refractivity contribution >= 4 is 33.6 Å². The molecule has 0 fully saturated rings. The molecule has 0 spiro atoms. The van der Waals surface area contributed by atoms with Crippen molar-refractivity contribution in [2.75, 3.05) is 37.0 Å². The number of nitrogens with one attached hydrogen (secondary N) is 1. The van der Waals surface area contributed by atoms with E-state index in [9.17, 15) is 18.0 Å². The summed E-state index contributed by atoms with van der Waals surface area (Å²) in [5.41, 5.74) is 0.183. The van der Waals surface area contributed by atoms with Crippen LogP contribution >= 0.6 is 0 Å². The number of ether oxygens (including phenoxy) is 1. The average Bonchev–Trinajstić information content (AvgIpc) is 3.37. The average molecular weight is 507 g/mol. The molecular formula is C25H20F3N7O2. The molecular weight excluding hydrogens is 487 g/mol. The highest BCUT2D eigenvalue weighted by atomic mass is 19.2. The van der Waals surface area contributed by atoms with Gasteiger partial charge in [0.25, 0.3) is 5.56 Å². The molecule has 5 aromatic rings. The Hall–Kier alpha value is -4.61. The SMILES string of the molecule is CN(C[C@H]1CN(C)c2cc(F)ccc2O1)c1ncc2c3n[nH]cc3c(=O)n(-c3cccc(F)c3F)c2n1. The standard InChI is InChI=1S/C25H20F3N7O2/c1-33-11-14(37-20-7-6-13(26)8-19(20)33)12-34(2)25-29-9-15-22-16(10-30-32-22)24(36)35(23(15)31-25)18-5-3-4-17(27)21(18)28/h3-10,14H,11-12H2,1-2H3,(H,30,32)/t14-/m1/s1. The molecule has 0 aliphatic carbocycles. The molecule has 9 nitrogen and oxygen atoms in total. The van der Waals surface area contributed by atoms with E-state index in [1.54, 1.807) is 18.0 Å². The van der Waals surface area contributed by atoms with Crippen LogP contribution in [0.15, 0.2) is 53.6 Å². The number of rotatable bonds is 4. The zero-order valence-corrected chi connectivity index (χ0v) is 19.7. The van der Waals surface area contributed by atoms with Crippen LogP contribution in [-0.4, -0.2) is 58.0 Å². The highest BCUT2D eigenvalue weighted by molar-refractivity contribution is 6.02. The maximum absolute atomic E-state index is 14.8. The molecule has 3 aromatic heterocycles. The molecule has 37 heavy (non-hydrogen) atoms. The van der Waals surface area contributed by atoms with E-state index < -0.39 is 17.2 Å². The Bertz CT molecular complexity index is 1740. The number of aromatic nitrogens is 5. The fourth-order valence-electron chi connectivity index (χ4n) is 4.64. The Labute approximate surface area is 207 Å². The number of nitrogens with zero attached hydrogens (tertiary/aromatic N) is 6. The highest BCUT2D eigenvalue weighted by Crippen LogP contribution is 2.33. The van der Waals surface area contributed by atoms with Gasteiger partial charge in [0.1, 0.15) is 23.2 Å². The summed E-state index contributed by atoms with van der Waals surface area (Å²) < 4.78 is 49.6. The molecule has 0 bridgehead atoms. The van der Waals surface area contributed by atoms with Crippen molar-refractivity contribution in [3.05, 3.63) is 76.6 Å². The minimum absolute atomic E-state index is 0.0773. The summed E-state index contributed by atoms with van der Waals surface area (Å²) in [6.07, 6.45) is 2.59. The van der Waals surface area contributed by atoms with Crippen LogP contribution in [0, 0.1) is 17.5 Å². The van der Waals surface area contributed by atoms with Crippen LogP contribution in [-0.2, 0) is 0 Å². The fourth-order valence-corrected chi connectivity index (χ4v) is 4.64. The fraction of sp³-hybridized carbons (Fsp3) is 0.200. The lowest BCUT2D eigenvalue weighted by atomic mass is 10.2. The van der Waals surface area contributed by atoms with Crippen molar-refractivity contribution in [1.82, 2.24) is 24.7 Å². The van der Waals surface area contributed by atoms with Gasteiger partial charge in [-0.2, -0.15) is 10.1 Å². The molecule has 0 unspecified atom stereocenters. The van der Waals surface area contributed by atoms with Gasteiger partial charge in [0.2, 0.25) is 5.95 Å². The quantitative estimate of drug-likeness (QED) is 0.399. The number of halogens is 3. The molecule has 2 aromatic carbocycles. The lowest BCUT2D eigenvalue weighted by Gasteiger charge is -2.35. The topological polar surface area (TPSA) is 92.2 Å². The van der Waals surface area contributed by atoms with E-state index in [4.69, 9.17) is 4.74 Å². The zero-order valence-electron chi connectivity index (χ0n) is 19.7. The minimum atomic E-state index is -1.17. The first kappa shape index (κ1) is 22.8. The number of likely N-dealkylation sites (N-methyl/N-ethyl adjacent to an activating group) is 2. The smallest absolute Gasteiger partial charge is 0.267 e. The van der Waals surface area contributed by atoms with Gasteiger partial charge < -0.3 is 14.5 Å². The molecule has 1 aliphatic heterocycles. The van der Waals surface area contributed by atoms with Gasteiger partial charge in [-0.15, -0.1) is 0 Å². The molecule has 188 valence electrons. The Balaban J connectivity index is 1.42. The molecule has 4 heterocycles. The third kappa shape index (κ3) is 3.72. The van der Waals surface area contributed by atoms with Gasteiger partial charge in [-0.1, -0.05) is 6.07 Å². The molecule has 1 aliphatic rings. The van der Waals surface area contributed by atoms with E-state index in [0.717, 1.165) is 10.6 Å². The molecule has 12 heteroatoms. The normalized spacial score (nSPS) is 15.2. The Kier molecular flexibility index (Phi) is 5.25. The molecule has 0 radical (unpaired) electrons. The molecule has 1 atom stereocenters. The highest BCUT2D eigenvalue weighted by Gasteiger charge is 2.26. The second kappa shape index (κ2) is 8.50. The molecule has 0 saturated carbocycles. The van der Waals surface area contributed by atoms with Crippen LogP contribution in [0.2, 0.25) is 0 Å². The van der Waals surface area contributed by atoms with Crippen LogP contribution in [0.5, 0.6) is 5.75 Å². The van der Waals surface area contributed by atoms with E-state index in [1.165, 1.54) is 36.7 Å². The van der Waals surface area contributed by atoms with Gasteiger partial charge in [0, 0.05) is 32.6 Å². The van der Waals surface area contributed by atoms with Gasteiger partial charge >= 0.3 is 0 Å². The zero-order chi connectivity index (χ0) is 25.8. The Morgan fingerprint density at radius 2 is 2.00 bits per heavy atom. The Morgan fingerprint density at radius 3 is 2.84 bits per heavy atom. The van der Waals surface area contributed by atoms with E-state index in [0.29, 0.717) is 35.4 Å². The molecule has 1 N–H and O–H groups in total. The van der Waals surface area contributed by atoms with Crippen molar-refractivity contribution in [3.8, 4) is 11.4 Å². The van der Waals surface area contributed by atoms with Crippen molar-refractivity contribution in [1.29, 1.82) is 0 Å². The van der Waals surface area contributed by atoms with E-state index in [2.05, 4.69) is 20.2 Å². The van der Waals surface area contributed by atoms with Crippen molar-refractivity contribution in [2.24, 2.45) is 0 Å². The molecule has 0 saturated heterocycles. The maximum Gasteiger partial charge on any atom is 0.267 e. The van der Waals surface area contributed by atoms with E-state index in [-0.39, 0.29) is 34.6 Å². The lowest BCUT2D eigenvalue weighted by Crippen LogP contribution is -2.44. The third-order valence-corrected chi connectivity index (χ3v) is 6.39. The third-order valence-electron chi connectivity index (χ3n) is 6.39. The number of aromatic amines is 1. The lowest BCUT2D eigenvalue weighted by molar-refractivity contribution is 0.201. The summed E-state index contributed by atoms with van der Waals surface area (Å²) in [4.78, 5) is 26.0. The second-order valence-electron chi connectivity index (χ2n) is 8.88. The van der Waals surface area contributed by atoms with Crippen molar-refractivity contribution in [2.45, 2.75) is 6.10 Å². The number of fused-ring (bicyclic) bond motifs is 4. The van der Waals surface area contributed by atoms with Crippen LogP contribution in [0.1, 0.15) is 0 Å². The molecule has 0 amide bonds. The Morgan fingerprint density at radius 1 is 1.16 bits per heavy atom. The monoisotopic (exact) mass is 507 g/mol. The first-order chi connectivity index (χ1) is 17.8. The molecule has 6 rings (SSSR count). The van der Waals surface area contributed by atoms with E-state index in [1.807, 2.05) is 11.9 Å². The van der Waals surface area contributed by atoms with Crippen LogP contribution < -0.4 is 20.1 Å². The first-order valence-electron chi connectivity index (χ1n) is 11.4. The van der Waals surface area contributed by atoms with Gasteiger partial charge in [-0.05, 0) is 24.3 Å². The summed E-state index contributed by atoms with van der Waals surface area (Å²) in [5.74, 6) is -1.81. The summed E-state index contributed by atoms with van der Waals surface area (Å²) in [7, 11) is 3.60. The van der Waals surface area contributed by atoms with Gasteiger partial charge in [-0.3, -0.25) is 14.5 Å². The van der Waals surface area contributed by atoms with E-state index >= 15 is 0 Å². The van der Waals surface area contributed by atoms with Crippen molar-refractivity contribution < 1.29 is 17.9 Å². The van der Waals surface area contributed by atoms with Gasteiger partial charge in [-0.25, -0.2) is 18.2 Å². The summed E-state index contributed by atoms with van der Waals surface area (Å²) in [5, 5.41) is 7.35. The number of hydrogen-bond acceptors (Lipinski definition) is 7. The van der Waals surface area contributed by atoms with Gasteiger partial charge in [0.15, 0.2) is 17.3 Å². The summed E-state index contributed by atoms with van der Waals surface area (Å²) >= 11 is 0. The summed E-state index contributed by atoms with van der Waals surface area (Å²) in [6.45, 7) is 0.845. The number of anilines is 2. The minimum Gasteiger partial charge on any atom is -0.485 e. The largest absolute Gasteiger partial charge is 0.485 e. The van der Waals surface area contributed by atoms with Crippen molar-refractivity contribution in [3.63, 3.8) is 0 Å². The second-order valence-corrected chi connectivity index (χ2v) is 8.88. The first-order valence-corrected chi connectivity index (χ1v) is 11.4.